The highest BCUT2D eigenvalue weighted by Crippen LogP contribution is 2.32. The molecule has 90 heavy (non-hydrogen) atoms. The molecule has 2 radical (unpaired) electrons. The summed E-state index contributed by atoms with van der Waals surface area (Å²) in [6.07, 6.45) is 6.57. The van der Waals surface area contributed by atoms with E-state index in [2.05, 4.69) is 148 Å². The number of benzene rings is 6. The predicted octanol–water partition coefficient (Wildman–Crippen LogP) is 2.32. The minimum absolute atomic E-state index is 0. The molecule has 5 atom stereocenters. The monoisotopic (exact) mass is 1310 g/mol. The number of carbonyl (C=O) groups is 3. The van der Waals surface area contributed by atoms with E-state index in [-0.39, 0.29) is 67.9 Å². The number of nitrogens with one attached hydrogen (secondary N) is 1. The lowest BCUT2D eigenvalue weighted by atomic mass is 9.82. The van der Waals surface area contributed by atoms with E-state index in [1.165, 1.54) is 53.5 Å². The van der Waals surface area contributed by atoms with Crippen molar-refractivity contribution < 1.29 is 86.4 Å². The Labute approximate surface area is 564 Å². The number of nitrogens with two attached hydrogens (primary N) is 1. The van der Waals surface area contributed by atoms with E-state index in [1.54, 1.807) is 6.66 Å². The van der Waals surface area contributed by atoms with Gasteiger partial charge in [-0.15, -0.1) is 0 Å². The highest BCUT2D eigenvalue weighted by atomic mass is 35.5. The zero-order valence-electron chi connectivity index (χ0n) is 56.4. The Hall–Kier alpha value is -5.15. The van der Waals surface area contributed by atoms with Crippen LogP contribution in [0.3, 0.4) is 0 Å². The fourth-order valence-electron chi connectivity index (χ4n) is 11.0. The molecule has 0 spiro atoms. The van der Waals surface area contributed by atoms with E-state index in [0.717, 1.165) is 109 Å². The first kappa shape index (κ1) is 84.9. The van der Waals surface area contributed by atoms with Crippen LogP contribution in [-0.4, -0.2) is 151 Å². The van der Waals surface area contributed by atoms with Crippen LogP contribution in [0.1, 0.15) is 93.7 Å². The Kier molecular flexibility index (Phi) is 44.2. The zero-order valence-corrected chi connectivity index (χ0v) is 59.5. The number of aliphatic carboxylic acids is 2. The molecule has 0 aromatic heterocycles. The first-order chi connectivity index (χ1) is 41.7. The molecule has 496 valence electrons. The van der Waals surface area contributed by atoms with Gasteiger partial charge in [0.05, 0.1) is 78.7 Å². The smallest absolute Gasteiger partial charge is 0.311 e. The zero-order chi connectivity index (χ0) is 64.2. The molecular formula is C73H110BCl3N6O6P+. The highest BCUT2D eigenvalue weighted by molar-refractivity contribution is 7.77. The summed E-state index contributed by atoms with van der Waals surface area (Å²) in [6, 6.07) is 53.6. The first-order valence-electron chi connectivity index (χ1n) is 31.9. The van der Waals surface area contributed by atoms with Crippen molar-refractivity contribution in [3.05, 3.63) is 191 Å². The van der Waals surface area contributed by atoms with E-state index in [0.29, 0.717) is 6.42 Å². The van der Waals surface area contributed by atoms with Crippen LogP contribution in [0.2, 0.25) is 0 Å². The van der Waals surface area contributed by atoms with Gasteiger partial charge in [0, 0.05) is 45.0 Å². The van der Waals surface area contributed by atoms with Crippen molar-refractivity contribution in [2.75, 3.05) is 101 Å². The van der Waals surface area contributed by atoms with Crippen LogP contribution in [0, 0.1) is 23.7 Å². The number of hydrogen-bond donors (Lipinski definition) is 5. The summed E-state index contributed by atoms with van der Waals surface area (Å²) in [5.74, 6) is -4.52. The maximum absolute atomic E-state index is 13.0. The van der Waals surface area contributed by atoms with Gasteiger partial charge in [-0.3, -0.25) is 14.4 Å². The van der Waals surface area contributed by atoms with Crippen LogP contribution < -0.4 is 53.6 Å². The molecule has 6 rings (SSSR count). The number of hydrogen-bond acceptors (Lipinski definition) is 6. The van der Waals surface area contributed by atoms with Crippen molar-refractivity contribution in [1.29, 1.82) is 0 Å². The van der Waals surface area contributed by atoms with Crippen molar-refractivity contribution in [1.82, 2.24) is 10.2 Å². The number of carbonyl (C=O) groups excluding carboxylic acids is 1. The molecule has 0 aliphatic heterocycles. The molecule has 0 saturated carbocycles. The molecule has 0 heterocycles. The van der Waals surface area contributed by atoms with Crippen LogP contribution in [0.15, 0.2) is 158 Å². The predicted molar refractivity (Wildman–Crippen MR) is 364 cm³/mol. The highest BCUT2D eigenvalue weighted by Gasteiger charge is 2.34. The fraction of sp³-hybridized carbons (Fsp3) is 0.466. The molecule has 0 bridgehead atoms. The lowest BCUT2D eigenvalue weighted by Gasteiger charge is -2.31. The summed E-state index contributed by atoms with van der Waals surface area (Å²) >= 11 is 0. The van der Waals surface area contributed by atoms with Gasteiger partial charge in [-0.05, 0) is 116 Å². The fourth-order valence-corrected chi connectivity index (χ4v) is 11.4. The number of halogens is 3. The topological polar surface area (TPSA) is 160 Å². The van der Waals surface area contributed by atoms with Gasteiger partial charge in [0.1, 0.15) is 13.1 Å². The summed E-state index contributed by atoms with van der Waals surface area (Å²) in [5, 5.41) is 25.3. The lowest BCUT2D eigenvalue weighted by Crippen LogP contribution is -3.00. The van der Waals surface area contributed by atoms with Gasteiger partial charge >= 0.3 is 17.9 Å². The second-order valence-corrected chi connectivity index (χ2v) is 25.5. The second kappa shape index (κ2) is 46.8. The average Bonchev–Trinajstić information content (AvgIpc) is 3.26. The van der Waals surface area contributed by atoms with Crippen LogP contribution in [0.25, 0.3) is 22.3 Å². The second-order valence-electron chi connectivity index (χ2n) is 24.2. The van der Waals surface area contributed by atoms with Gasteiger partial charge < -0.3 is 82.2 Å². The lowest BCUT2D eigenvalue weighted by molar-refractivity contribution is -0.905. The van der Waals surface area contributed by atoms with Crippen LogP contribution >= 0.6 is 8.03 Å². The molecule has 8 N–H and O–H groups in total. The SMILES string of the molecule is CC.CC.C[N+](C)(CCC[NH2+]CCC[NH3+])Cc1ccc(-c2ccc(C[C@H](C(=O)O)[C@H](Cc3ccccc3)C(=O)O)cc2)cc1.[B]P(C)OC(=O)[C@@H](Cc1ccccc1)[C@@H](C)Cc1ccc(-c2ccc(C[N+](C)(C)CCCN(C)CCCNC)cc2)cc1.[Cl-].[Cl-].[Cl-]. The van der Waals surface area contributed by atoms with E-state index in [4.69, 9.17) is 12.1 Å². The number of nitrogens with zero attached hydrogens (tertiary/aromatic N) is 3. The molecule has 0 aliphatic carbocycles. The Morgan fingerprint density at radius 2 is 0.889 bits per heavy atom. The van der Waals surface area contributed by atoms with Crippen molar-refractivity contribution in [2.45, 2.75) is 99.1 Å². The third-order valence-electron chi connectivity index (χ3n) is 15.8. The van der Waals surface area contributed by atoms with Gasteiger partial charge in [-0.25, -0.2) is 0 Å². The first-order valence-corrected chi connectivity index (χ1v) is 33.7. The minimum Gasteiger partial charge on any atom is -1.00 e. The molecule has 0 saturated heterocycles. The van der Waals surface area contributed by atoms with Gasteiger partial charge in [0.15, 0.2) is 7.57 Å². The van der Waals surface area contributed by atoms with Gasteiger partial charge in [0.2, 0.25) is 0 Å². The normalized spacial score (nSPS) is 12.6. The number of carboxylic acids is 2. The average molecular weight is 1320 g/mol. The van der Waals surface area contributed by atoms with Gasteiger partial charge in [-0.1, -0.05) is 192 Å². The van der Waals surface area contributed by atoms with E-state index < -0.39 is 31.8 Å². The molecule has 6 aromatic carbocycles. The van der Waals surface area contributed by atoms with Crippen molar-refractivity contribution >= 4 is 33.5 Å². The van der Waals surface area contributed by atoms with E-state index in [1.807, 2.05) is 108 Å². The number of rotatable bonds is 35. The van der Waals surface area contributed by atoms with Crippen molar-refractivity contribution in [3.63, 3.8) is 0 Å². The van der Waals surface area contributed by atoms with Crippen molar-refractivity contribution in [2.24, 2.45) is 23.7 Å². The van der Waals surface area contributed by atoms with Gasteiger partial charge in [0.25, 0.3) is 0 Å². The Morgan fingerprint density at radius 3 is 1.27 bits per heavy atom. The van der Waals surface area contributed by atoms with E-state index >= 15 is 0 Å². The molecule has 0 fully saturated rings. The van der Waals surface area contributed by atoms with Crippen LogP contribution in [0.5, 0.6) is 0 Å². The van der Waals surface area contributed by atoms with E-state index in [9.17, 15) is 24.6 Å². The Balaban J connectivity index is 0.00000162. The third-order valence-corrected chi connectivity index (χ3v) is 16.2. The molecule has 6 aromatic rings. The summed E-state index contributed by atoms with van der Waals surface area (Å²) in [5.41, 5.74) is 15.1. The minimum atomic E-state index is -1.23. The summed E-state index contributed by atoms with van der Waals surface area (Å²) in [6.45, 7) is 22.9. The molecule has 0 aliphatic rings. The molecular weight excluding hydrogens is 1200 g/mol. The molecule has 1 unspecified atom stereocenters. The summed E-state index contributed by atoms with van der Waals surface area (Å²) < 4.78 is 7.44. The summed E-state index contributed by atoms with van der Waals surface area (Å²) in [4.78, 5) is 39.5. The molecule has 12 nitrogen and oxygen atoms in total. The van der Waals surface area contributed by atoms with Crippen LogP contribution in [0.4, 0.5) is 0 Å². The number of carboxylic acid groups (broad SMARTS) is 2. The maximum Gasteiger partial charge on any atom is 0.311 e. The third kappa shape index (κ3) is 32.9. The van der Waals surface area contributed by atoms with Gasteiger partial charge in [-0.2, -0.15) is 0 Å². The molecule has 0 amide bonds. The quantitative estimate of drug-likeness (QED) is 0.0176. The standard InChI is InChI=1S/C36H52BN3O2P.C33H43N3O4.2C2H6.3ClH/c1-29(35(36(41)42-43(6)37)27-30-12-8-7-9-13-30)26-31-14-18-33(19-15-31)34-20-16-32(17-21-34)28-40(4,5)25-11-24-39(3)23-10-22-38-2;1-36(2,21-7-20-35-19-6-18-34)24-27-12-16-29(17-13-27)28-14-10-26(11-15-28)23-31(33(39)40)30(32(37)38)22-25-8-4-3-5-9-25;2*1-2;;;/h7-9,12-21,29,35,38H,10-11,22-28H2,1-6H3;3-5,8-17,30-31,35H,6-7,18-24,34H2,1-2H3,(H-,37,38,39,40);2*1-2H3;3*1H/q+1;;;;;;/t29-,35-,43?;30-,31-;;;;;/m00...../s1. The summed E-state index contributed by atoms with van der Waals surface area (Å²) in [7, 11) is 18.1. The number of quaternary nitrogens is 4. The molecule has 17 heteroatoms. The van der Waals surface area contributed by atoms with Crippen molar-refractivity contribution in [3.8, 4) is 22.3 Å². The Bertz CT molecular complexity index is 2820. The largest absolute Gasteiger partial charge is 1.00 e. The van der Waals surface area contributed by atoms with Crippen LogP contribution in [-0.2, 0) is 57.7 Å². The maximum atomic E-state index is 13.0. The Morgan fingerprint density at radius 1 is 0.544 bits per heavy atom.